The van der Waals surface area contributed by atoms with E-state index in [1.165, 1.54) is 4.70 Å². The first-order valence-electron chi connectivity index (χ1n) is 10.2. The zero-order valence-electron chi connectivity index (χ0n) is 17.5. The summed E-state index contributed by atoms with van der Waals surface area (Å²) < 4.78 is 29.3. The van der Waals surface area contributed by atoms with Gasteiger partial charge in [0.25, 0.3) is 10.0 Å². The second kappa shape index (κ2) is 9.33. The third-order valence-electron chi connectivity index (χ3n) is 5.36. The Morgan fingerprint density at radius 3 is 2.52 bits per heavy atom. The van der Waals surface area contributed by atoms with E-state index >= 15 is 0 Å². The third-order valence-corrected chi connectivity index (χ3v) is 9.22. The number of aromatic nitrogens is 1. The van der Waals surface area contributed by atoms with Crippen LogP contribution in [0.3, 0.4) is 0 Å². The molecular formula is C21H26N4O3S3. The number of thiophene rings is 1. The number of fused-ring (bicyclic) bond motifs is 1. The van der Waals surface area contributed by atoms with Crippen LogP contribution in [0.25, 0.3) is 10.2 Å². The number of nitrogens with zero attached hydrogens (tertiary/aromatic N) is 3. The molecule has 1 saturated heterocycles. The molecule has 2 aromatic heterocycles. The van der Waals surface area contributed by atoms with E-state index in [1.807, 2.05) is 32.0 Å². The lowest BCUT2D eigenvalue weighted by Gasteiger charge is -2.36. The zero-order valence-corrected chi connectivity index (χ0v) is 20.0. The summed E-state index contributed by atoms with van der Waals surface area (Å²) >= 11 is 2.85. The maximum Gasteiger partial charge on any atom is 0.250 e. The van der Waals surface area contributed by atoms with E-state index in [2.05, 4.69) is 15.7 Å². The molecule has 1 N–H and O–H groups in total. The van der Waals surface area contributed by atoms with Crippen molar-refractivity contribution in [3.63, 3.8) is 0 Å². The quantitative estimate of drug-likeness (QED) is 0.565. The van der Waals surface area contributed by atoms with Crippen molar-refractivity contribution in [1.82, 2.24) is 19.5 Å². The standard InChI is InChI=1S/C21H26N4O3S3/c1-15(2)20(23-31(27,28)19-8-5-13-29-19)21(26)25-11-9-24(10-12-25)14-18-22-16-6-3-4-7-17(16)30-18/h3-8,13,15,20,23H,9-12,14H2,1-2H3/t20-/m0/s1. The fraction of sp³-hybridized carbons (Fsp3) is 0.429. The first kappa shape index (κ1) is 22.3. The van der Waals surface area contributed by atoms with Crippen LogP contribution >= 0.6 is 22.7 Å². The average molecular weight is 479 g/mol. The molecule has 0 bridgehead atoms. The summed E-state index contributed by atoms with van der Waals surface area (Å²) in [4.78, 5) is 21.9. The SMILES string of the molecule is CC(C)[C@H](NS(=O)(=O)c1cccs1)C(=O)N1CCN(Cc2nc3ccccc3s2)CC1. The molecule has 31 heavy (non-hydrogen) atoms. The predicted octanol–water partition coefficient (Wildman–Crippen LogP) is 3.01. The fourth-order valence-electron chi connectivity index (χ4n) is 3.62. The topological polar surface area (TPSA) is 82.6 Å². The fourth-order valence-corrected chi connectivity index (χ4v) is 6.97. The number of rotatable bonds is 7. The number of thiazole rings is 1. The van der Waals surface area contributed by atoms with Crippen molar-refractivity contribution in [2.45, 2.75) is 30.6 Å². The molecule has 0 radical (unpaired) electrons. The summed E-state index contributed by atoms with van der Waals surface area (Å²) in [6.45, 7) is 7.13. The molecule has 1 fully saturated rings. The molecule has 0 unspecified atom stereocenters. The number of amides is 1. The van der Waals surface area contributed by atoms with Gasteiger partial charge in [-0.25, -0.2) is 13.4 Å². The summed E-state index contributed by atoms with van der Waals surface area (Å²) in [6, 6.07) is 10.6. The van der Waals surface area contributed by atoms with Crippen LogP contribution in [-0.2, 0) is 21.4 Å². The number of hydrogen-bond donors (Lipinski definition) is 1. The molecule has 1 aliphatic rings. The summed E-state index contributed by atoms with van der Waals surface area (Å²) in [5.41, 5.74) is 1.02. The first-order valence-corrected chi connectivity index (χ1v) is 13.4. The number of hydrogen-bond acceptors (Lipinski definition) is 7. The zero-order chi connectivity index (χ0) is 22.0. The molecule has 166 valence electrons. The van der Waals surface area contributed by atoms with Gasteiger partial charge in [-0.15, -0.1) is 22.7 Å². The van der Waals surface area contributed by atoms with Crippen molar-refractivity contribution < 1.29 is 13.2 Å². The Kier molecular flexibility index (Phi) is 6.73. The number of sulfonamides is 1. The van der Waals surface area contributed by atoms with Gasteiger partial charge in [-0.2, -0.15) is 4.72 Å². The lowest BCUT2D eigenvalue weighted by molar-refractivity contribution is -0.135. The van der Waals surface area contributed by atoms with Crippen LogP contribution in [0, 0.1) is 5.92 Å². The molecule has 0 saturated carbocycles. The van der Waals surface area contributed by atoms with Crippen molar-refractivity contribution in [2.75, 3.05) is 26.2 Å². The summed E-state index contributed by atoms with van der Waals surface area (Å²) in [6.07, 6.45) is 0. The molecule has 0 spiro atoms. The largest absolute Gasteiger partial charge is 0.339 e. The second-order valence-electron chi connectivity index (χ2n) is 7.95. The van der Waals surface area contributed by atoms with Crippen LogP contribution in [-0.4, -0.2) is 61.3 Å². The Balaban J connectivity index is 1.36. The molecule has 1 atom stereocenters. The second-order valence-corrected chi connectivity index (χ2v) is 12.0. The van der Waals surface area contributed by atoms with Crippen molar-refractivity contribution in [1.29, 1.82) is 0 Å². The van der Waals surface area contributed by atoms with Crippen LogP contribution < -0.4 is 4.72 Å². The van der Waals surface area contributed by atoms with E-state index < -0.39 is 16.1 Å². The Morgan fingerprint density at radius 2 is 1.87 bits per heavy atom. The maximum absolute atomic E-state index is 13.1. The van der Waals surface area contributed by atoms with E-state index in [-0.39, 0.29) is 16.0 Å². The van der Waals surface area contributed by atoms with Crippen LogP contribution in [0.1, 0.15) is 18.9 Å². The van der Waals surface area contributed by atoms with Crippen LogP contribution in [0.4, 0.5) is 0 Å². The van der Waals surface area contributed by atoms with Gasteiger partial charge in [0.15, 0.2) is 0 Å². The summed E-state index contributed by atoms with van der Waals surface area (Å²) in [5.74, 6) is -0.308. The van der Waals surface area contributed by atoms with Crippen molar-refractivity contribution in [2.24, 2.45) is 5.92 Å². The molecular weight excluding hydrogens is 452 g/mol. The van der Waals surface area contributed by atoms with E-state index in [4.69, 9.17) is 4.98 Å². The van der Waals surface area contributed by atoms with Crippen molar-refractivity contribution in [3.05, 3.63) is 46.8 Å². The van der Waals surface area contributed by atoms with Gasteiger partial charge in [-0.05, 0) is 29.5 Å². The Bertz CT molecular complexity index is 1100. The summed E-state index contributed by atoms with van der Waals surface area (Å²) in [7, 11) is -3.71. The van der Waals surface area contributed by atoms with Gasteiger partial charge >= 0.3 is 0 Å². The van der Waals surface area contributed by atoms with Gasteiger partial charge in [0.2, 0.25) is 5.91 Å². The molecule has 1 aliphatic heterocycles. The first-order chi connectivity index (χ1) is 14.8. The molecule has 4 rings (SSSR count). The van der Waals surface area contributed by atoms with Gasteiger partial charge in [0.05, 0.1) is 16.8 Å². The van der Waals surface area contributed by atoms with Crippen LogP contribution in [0.15, 0.2) is 46.0 Å². The van der Waals surface area contributed by atoms with E-state index in [0.717, 1.165) is 41.5 Å². The monoisotopic (exact) mass is 478 g/mol. The van der Waals surface area contributed by atoms with Crippen LogP contribution in [0.2, 0.25) is 0 Å². The molecule has 7 nitrogen and oxygen atoms in total. The molecule has 0 aliphatic carbocycles. The van der Waals surface area contributed by atoms with Gasteiger partial charge in [0, 0.05) is 26.2 Å². The highest BCUT2D eigenvalue weighted by molar-refractivity contribution is 7.91. The predicted molar refractivity (Wildman–Crippen MR) is 125 cm³/mol. The normalized spacial score (nSPS) is 16.8. The highest BCUT2D eigenvalue weighted by Gasteiger charge is 2.33. The number of nitrogens with one attached hydrogen (secondary N) is 1. The third kappa shape index (κ3) is 5.15. The Morgan fingerprint density at radius 1 is 1.13 bits per heavy atom. The summed E-state index contributed by atoms with van der Waals surface area (Å²) in [5, 5.41) is 2.79. The molecule has 1 aromatic carbocycles. The Hall–Kier alpha value is -1.85. The highest BCUT2D eigenvalue weighted by Crippen LogP contribution is 2.23. The number of carbonyl (C=O) groups excluding carboxylic acids is 1. The van der Waals surface area contributed by atoms with Crippen molar-refractivity contribution >= 4 is 48.8 Å². The smallest absolute Gasteiger partial charge is 0.250 e. The average Bonchev–Trinajstić information content (AvgIpc) is 3.42. The van der Waals surface area contributed by atoms with Crippen molar-refractivity contribution in [3.8, 4) is 0 Å². The van der Waals surface area contributed by atoms with Gasteiger partial charge in [-0.3, -0.25) is 9.69 Å². The number of carbonyl (C=O) groups is 1. The number of para-hydroxylation sites is 1. The Labute approximate surface area is 190 Å². The lowest BCUT2D eigenvalue weighted by atomic mass is 10.0. The van der Waals surface area contributed by atoms with Gasteiger partial charge < -0.3 is 4.90 Å². The van der Waals surface area contributed by atoms with E-state index in [0.29, 0.717) is 13.1 Å². The van der Waals surface area contributed by atoms with Gasteiger partial charge in [0.1, 0.15) is 15.3 Å². The maximum atomic E-state index is 13.1. The molecule has 10 heteroatoms. The number of benzene rings is 1. The minimum absolute atomic E-state index is 0.150. The van der Waals surface area contributed by atoms with E-state index in [1.54, 1.807) is 33.7 Å². The van der Waals surface area contributed by atoms with Gasteiger partial charge in [-0.1, -0.05) is 32.0 Å². The molecule has 3 heterocycles. The number of piperazine rings is 1. The molecule has 3 aromatic rings. The molecule has 1 amide bonds. The highest BCUT2D eigenvalue weighted by atomic mass is 32.2. The van der Waals surface area contributed by atoms with Crippen LogP contribution in [0.5, 0.6) is 0 Å². The minimum Gasteiger partial charge on any atom is -0.339 e. The van der Waals surface area contributed by atoms with E-state index in [9.17, 15) is 13.2 Å². The minimum atomic E-state index is -3.71. The lowest BCUT2D eigenvalue weighted by Crippen LogP contribution is -2.56.